The molecule has 0 saturated carbocycles. The lowest BCUT2D eigenvalue weighted by atomic mass is 10.1. The Kier molecular flexibility index (Phi) is 3.11. The summed E-state index contributed by atoms with van der Waals surface area (Å²) >= 11 is 3.62. The molecule has 0 spiro atoms. The van der Waals surface area contributed by atoms with Crippen LogP contribution >= 0.6 is 16.1 Å². The molecule has 1 saturated heterocycles. The van der Waals surface area contributed by atoms with E-state index in [-0.39, 0.29) is 6.23 Å². The van der Waals surface area contributed by atoms with Gasteiger partial charge in [0, 0.05) is 22.8 Å². The van der Waals surface area contributed by atoms with E-state index in [1.807, 2.05) is 0 Å². The lowest BCUT2D eigenvalue weighted by molar-refractivity contribution is -0.000718. The van der Waals surface area contributed by atoms with Crippen LogP contribution in [0.2, 0.25) is 0 Å². The van der Waals surface area contributed by atoms with Crippen LogP contribution in [0.15, 0.2) is 18.2 Å². The van der Waals surface area contributed by atoms with E-state index in [0.29, 0.717) is 0 Å². The number of hydrogen-bond acceptors (Lipinski definition) is 3. The third kappa shape index (κ3) is 2.09. The minimum Gasteiger partial charge on any atom is -0.357 e. The van der Waals surface area contributed by atoms with Crippen LogP contribution in [0.3, 0.4) is 0 Å². The quantitative estimate of drug-likeness (QED) is 0.739. The molecule has 4 heteroatoms. The van der Waals surface area contributed by atoms with Gasteiger partial charge in [-0.15, -0.1) is 4.03 Å². The monoisotopic (exact) mass is 296 g/mol. The van der Waals surface area contributed by atoms with Crippen molar-refractivity contribution in [1.82, 2.24) is 4.03 Å². The van der Waals surface area contributed by atoms with Gasteiger partial charge >= 0.3 is 0 Å². The molecule has 0 radical (unpaired) electrons. The Morgan fingerprint density at radius 2 is 2.24 bits per heavy atom. The van der Waals surface area contributed by atoms with Gasteiger partial charge in [-0.05, 0) is 37.8 Å². The first-order valence-corrected chi connectivity index (χ1v) is 6.90. The SMILES string of the molecule is Cc1ccc2c(c1)CN(Br)N2C1CCCCO1. The van der Waals surface area contributed by atoms with Crippen LogP contribution in [0.5, 0.6) is 0 Å². The summed E-state index contributed by atoms with van der Waals surface area (Å²) < 4.78 is 7.96. The number of aryl methyl sites for hydroxylation is 1. The number of ether oxygens (including phenoxy) is 1. The molecule has 0 aromatic heterocycles. The third-order valence-corrected chi connectivity index (χ3v) is 4.04. The predicted molar refractivity (Wildman–Crippen MR) is 71.7 cm³/mol. The van der Waals surface area contributed by atoms with E-state index in [4.69, 9.17) is 4.74 Å². The summed E-state index contributed by atoms with van der Waals surface area (Å²) in [6, 6.07) is 6.62. The molecule has 0 bridgehead atoms. The molecular weight excluding hydrogens is 280 g/mol. The van der Waals surface area contributed by atoms with E-state index in [1.54, 1.807) is 0 Å². The van der Waals surface area contributed by atoms with Gasteiger partial charge in [0.25, 0.3) is 0 Å². The lowest BCUT2D eigenvalue weighted by Crippen LogP contribution is -2.43. The highest BCUT2D eigenvalue weighted by atomic mass is 79.9. The highest BCUT2D eigenvalue weighted by molar-refractivity contribution is 9.07. The molecule has 2 heterocycles. The molecule has 3 nitrogen and oxygen atoms in total. The number of fused-ring (bicyclic) bond motifs is 1. The fourth-order valence-corrected chi connectivity index (χ4v) is 3.25. The van der Waals surface area contributed by atoms with E-state index >= 15 is 0 Å². The summed E-state index contributed by atoms with van der Waals surface area (Å²) in [6.45, 7) is 3.93. The number of nitrogens with zero attached hydrogens (tertiary/aromatic N) is 2. The number of halogens is 1. The van der Waals surface area contributed by atoms with Gasteiger partial charge in [-0.1, -0.05) is 17.7 Å². The lowest BCUT2D eigenvalue weighted by Gasteiger charge is -2.35. The molecule has 1 fully saturated rings. The molecule has 1 aromatic rings. The zero-order valence-corrected chi connectivity index (χ0v) is 11.6. The number of hydrazine groups is 1. The van der Waals surface area contributed by atoms with Crippen molar-refractivity contribution in [1.29, 1.82) is 0 Å². The standard InChI is InChI=1S/C13H17BrN2O/c1-10-5-6-12-11(8-10)9-15(14)16(12)13-4-2-3-7-17-13/h5-6,8,13H,2-4,7,9H2,1H3. The Morgan fingerprint density at radius 1 is 1.35 bits per heavy atom. The van der Waals surface area contributed by atoms with Crippen LogP contribution in [0.4, 0.5) is 5.69 Å². The molecule has 92 valence electrons. The van der Waals surface area contributed by atoms with Crippen LogP contribution < -0.4 is 5.01 Å². The van der Waals surface area contributed by atoms with E-state index in [0.717, 1.165) is 19.6 Å². The Morgan fingerprint density at radius 3 is 3.00 bits per heavy atom. The van der Waals surface area contributed by atoms with E-state index in [1.165, 1.54) is 29.7 Å². The molecule has 0 aliphatic carbocycles. The Labute approximate surface area is 111 Å². The molecule has 17 heavy (non-hydrogen) atoms. The first-order valence-electron chi connectivity index (χ1n) is 6.19. The van der Waals surface area contributed by atoms with E-state index < -0.39 is 0 Å². The summed E-state index contributed by atoms with van der Waals surface area (Å²) in [7, 11) is 0. The predicted octanol–water partition coefficient (Wildman–Crippen LogP) is 3.37. The van der Waals surface area contributed by atoms with Gasteiger partial charge in [0.2, 0.25) is 0 Å². The van der Waals surface area contributed by atoms with Gasteiger partial charge in [-0.2, -0.15) is 0 Å². The molecule has 1 unspecified atom stereocenters. The minimum absolute atomic E-state index is 0.187. The molecule has 1 atom stereocenters. The first-order chi connectivity index (χ1) is 8.25. The summed E-state index contributed by atoms with van der Waals surface area (Å²) in [5.74, 6) is 0. The number of hydrogen-bond donors (Lipinski definition) is 0. The average molecular weight is 297 g/mol. The van der Waals surface area contributed by atoms with Gasteiger partial charge in [-0.3, -0.25) is 5.01 Å². The topological polar surface area (TPSA) is 15.7 Å². The summed E-state index contributed by atoms with van der Waals surface area (Å²) in [5.41, 5.74) is 3.96. The molecule has 0 N–H and O–H groups in total. The zero-order chi connectivity index (χ0) is 11.8. The summed E-state index contributed by atoms with van der Waals surface area (Å²) in [5, 5.41) is 2.24. The number of anilines is 1. The van der Waals surface area contributed by atoms with E-state index in [2.05, 4.69) is 50.3 Å². The smallest absolute Gasteiger partial charge is 0.145 e. The van der Waals surface area contributed by atoms with Crippen molar-refractivity contribution < 1.29 is 4.74 Å². The Bertz CT molecular complexity index is 418. The second-order valence-corrected chi connectivity index (χ2v) is 5.61. The van der Waals surface area contributed by atoms with Crippen LogP contribution in [0.25, 0.3) is 0 Å². The highest BCUT2D eigenvalue weighted by Crippen LogP contribution is 2.37. The van der Waals surface area contributed by atoms with Crippen molar-refractivity contribution in [3.8, 4) is 0 Å². The third-order valence-electron chi connectivity index (χ3n) is 3.44. The maximum Gasteiger partial charge on any atom is 0.145 e. The zero-order valence-electron chi connectivity index (χ0n) is 10.0. The second kappa shape index (κ2) is 4.59. The van der Waals surface area contributed by atoms with Crippen molar-refractivity contribution in [3.63, 3.8) is 0 Å². The van der Waals surface area contributed by atoms with Crippen molar-refractivity contribution in [2.75, 3.05) is 11.6 Å². The minimum atomic E-state index is 0.187. The van der Waals surface area contributed by atoms with Crippen LogP contribution in [0, 0.1) is 6.92 Å². The van der Waals surface area contributed by atoms with Crippen LogP contribution in [-0.2, 0) is 11.3 Å². The Hall–Kier alpha value is -0.580. The highest BCUT2D eigenvalue weighted by Gasteiger charge is 2.33. The molecule has 0 amide bonds. The van der Waals surface area contributed by atoms with Crippen molar-refractivity contribution in [2.45, 2.75) is 39.0 Å². The van der Waals surface area contributed by atoms with Gasteiger partial charge in [-0.25, -0.2) is 0 Å². The molecule has 3 rings (SSSR count). The number of benzene rings is 1. The van der Waals surface area contributed by atoms with Gasteiger partial charge < -0.3 is 4.74 Å². The fraction of sp³-hybridized carbons (Fsp3) is 0.538. The molecule has 2 aliphatic rings. The van der Waals surface area contributed by atoms with Crippen LogP contribution in [0.1, 0.15) is 30.4 Å². The maximum atomic E-state index is 5.87. The number of rotatable bonds is 1. The largest absolute Gasteiger partial charge is 0.357 e. The van der Waals surface area contributed by atoms with Crippen molar-refractivity contribution in [3.05, 3.63) is 29.3 Å². The molecular formula is C13H17BrN2O. The summed E-state index contributed by atoms with van der Waals surface area (Å²) in [6.07, 6.45) is 3.73. The van der Waals surface area contributed by atoms with Crippen LogP contribution in [-0.4, -0.2) is 16.9 Å². The fourth-order valence-electron chi connectivity index (χ4n) is 2.61. The van der Waals surface area contributed by atoms with Gasteiger partial charge in [0.05, 0.1) is 12.2 Å². The normalized spacial score (nSPS) is 25.1. The molecule has 2 aliphatic heterocycles. The van der Waals surface area contributed by atoms with Gasteiger partial charge in [0.15, 0.2) is 0 Å². The average Bonchev–Trinajstić information content (AvgIpc) is 2.65. The second-order valence-electron chi connectivity index (χ2n) is 4.79. The van der Waals surface area contributed by atoms with Crippen molar-refractivity contribution >= 4 is 21.8 Å². The van der Waals surface area contributed by atoms with Gasteiger partial charge in [0.1, 0.15) is 6.23 Å². The molecule has 1 aromatic carbocycles. The first kappa shape index (κ1) is 11.5. The maximum absolute atomic E-state index is 5.87. The summed E-state index contributed by atoms with van der Waals surface area (Å²) in [4.78, 5) is 0. The van der Waals surface area contributed by atoms with Crippen molar-refractivity contribution in [2.24, 2.45) is 0 Å². The Balaban J connectivity index is 1.90. The van der Waals surface area contributed by atoms with E-state index in [9.17, 15) is 0 Å².